The van der Waals surface area contributed by atoms with E-state index in [4.69, 9.17) is 0 Å². The first-order chi connectivity index (χ1) is 17.8. The molecule has 204 valence electrons. The van der Waals surface area contributed by atoms with Gasteiger partial charge in [-0.05, 0) is 41.3 Å². The highest BCUT2D eigenvalue weighted by atomic mass is 32.2. The molecule has 3 aromatic rings. The minimum Gasteiger partial charge on any atom is -0.302 e. The van der Waals surface area contributed by atoms with E-state index in [1.165, 1.54) is 29.5 Å². The Morgan fingerprint density at radius 1 is 1.16 bits per heavy atom. The topological polar surface area (TPSA) is 79.4 Å². The zero-order valence-electron chi connectivity index (χ0n) is 21.0. The van der Waals surface area contributed by atoms with Gasteiger partial charge in [-0.15, -0.1) is 11.3 Å². The fraction of sp³-hybridized carbons (Fsp3) is 0.385. The molecular formula is C26H27F4N3O3S2. The maximum Gasteiger partial charge on any atom is 0.419 e. The normalized spacial score (nSPS) is 16.2. The third kappa shape index (κ3) is 6.08. The zero-order chi connectivity index (χ0) is 27.8. The fourth-order valence-corrected chi connectivity index (χ4v) is 6.49. The van der Waals surface area contributed by atoms with Crippen molar-refractivity contribution in [1.29, 1.82) is 0 Å². The van der Waals surface area contributed by atoms with E-state index < -0.39 is 27.4 Å². The third-order valence-corrected chi connectivity index (χ3v) is 9.10. The molecule has 0 saturated heterocycles. The summed E-state index contributed by atoms with van der Waals surface area (Å²) in [5.41, 5.74) is 0.604. The van der Waals surface area contributed by atoms with E-state index in [2.05, 4.69) is 10.3 Å². The van der Waals surface area contributed by atoms with E-state index in [1.54, 1.807) is 19.1 Å². The predicted octanol–water partition coefficient (Wildman–Crippen LogP) is 5.99. The Hall–Kier alpha value is -2.83. The number of thiazole rings is 1. The molecule has 12 heteroatoms. The van der Waals surface area contributed by atoms with Crippen molar-refractivity contribution >= 4 is 32.2 Å². The molecule has 0 saturated carbocycles. The summed E-state index contributed by atoms with van der Waals surface area (Å²) in [4.78, 5) is 20.4. The molecule has 1 atom stereocenters. The second kappa shape index (κ2) is 10.7. The smallest absolute Gasteiger partial charge is 0.302 e. The Labute approximate surface area is 222 Å². The van der Waals surface area contributed by atoms with Crippen LogP contribution in [0.5, 0.6) is 0 Å². The Morgan fingerprint density at radius 3 is 2.39 bits per heavy atom. The van der Waals surface area contributed by atoms with Crippen molar-refractivity contribution in [3.63, 3.8) is 0 Å². The first-order valence-corrected chi connectivity index (χ1v) is 14.5. The standard InChI is InChI=1S/C26H27F4N3O3S2/c1-4-38(35,36)18-8-5-16(6-9-18)12-22(34)31-25-32-23-21(37-25)14-33(24(23)15(2)3)13-17-7-10-19(20(27)11-17)26(28,29)30/h5-11,15,24H,4,12-14H2,1-3H3,(H,31,32,34)/t24-/m1/s1. The van der Waals surface area contributed by atoms with Crippen LogP contribution in [-0.2, 0) is 40.3 Å². The molecule has 0 fully saturated rings. The van der Waals surface area contributed by atoms with Crippen LogP contribution < -0.4 is 5.32 Å². The molecule has 0 unspecified atom stereocenters. The van der Waals surface area contributed by atoms with Crippen LogP contribution in [0.1, 0.15) is 54.1 Å². The quantitative estimate of drug-likeness (QED) is 0.337. The van der Waals surface area contributed by atoms with Crippen molar-refractivity contribution in [2.45, 2.75) is 57.4 Å². The molecule has 2 aromatic carbocycles. The maximum atomic E-state index is 14.1. The molecule has 0 radical (unpaired) electrons. The third-order valence-electron chi connectivity index (χ3n) is 6.38. The number of nitrogens with one attached hydrogen (secondary N) is 1. The fourth-order valence-electron chi connectivity index (χ4n) is 4.56. The van der Waals surface area contributed by atoms with Crippen LogP contribution >= 0.6 is 11.3 Å². The molecular weight excluding hydrogens is 542 g/mol. The van der Waals surface area contributed by atoms with Crippen LogP contribution in [0.3, 0.4) is 0 Å². The highest BCUT2D eigenvalue weighted by molar-refractivity contribution is 7.91. The van der Waals surface area contributed by atoms with Gasteiger partial charge in [-0.3, -0.25) is 9.69 Å². The zero-order valence-corrected chi connectivity index (χ0v) is 22.6. The van der Waals surface area contributed by atoms with Gasteiger partial charge in [-0.25, -0.2) is 17.8 Å². The number of carbonyl (C=O) groups excluding carboxylic acids is 1. The van der Waals surface area contributed by atoms with Crippen LogP contribution in [-0.4, -0.2) is 30.0 Å². The number of hydrogen-bond donors (Lipinski definition) is 1. The highest BCUT2D eigenvalue weighted by Crippen LogP contribution is 2.43. The minimum absolute atomic E-state index is 0.00241. The van der Waals surface area contributed by atoms with E-state index in [-0.39, 0.29) is 41.5 Å². The maximum absolute atomic E-state index is 14.1. The molecule has 1 aliphatic rings. The largest absolute Gasteiger partial charge is 0.419 e. The second-order valence-corrected chi connectivity index (χ2v) is 12.9. The van der Waals surface area contributed by atoms with Gasteiger partial charge in [0.25, 0.3) is 0 Å². The molecule has 0 aliphatic carbocycles. The number of halogens is 4. The Bertz CT molecular complexity index is 1430. The number of alkyl halides is 3. The lowest BCUT2D eigenvalue weighted by molar-refractivity contribution is -0.140. The molecule has 6 nitrogen and oxygen atoms in total. The SMILES string of the molecule is CCS(=O)(=O)c1ccc(CC(=O)Nc2nc3c(s2)CN(Cc2ccc(C(F)(F)F)c(F)c2)[C@@H]3C(C)C)cc1. The van der Waals surface area contributed by atoms with Crippen molar-refractivity contribution in [2.75, 3.05) is 11.1 Å². The molecule has 0 spiro atoms. The summed E-state index contributed by atoms with van der Waals surface area (Å²) in [6, 6.07) is 9.04. The summed E-state index contributed by atoms with van der Waals surface area (Å²) in [6.45, 7) is 6.30. The van der Waals surface area contributed by atoms with Gasteiger partial charge in [-0.1, -0.05) is 39.0 Å². The number of benzene rings is 2. The number of hydrogen-bond acceptors (Lipinski definition) is 6. The summed E-state index contributed by atoms with van der Waals surface area (Å²) in [5.74, 6) is -1.48. The average Bonchev–Trinajstić information content (AvgIpc) is 3.34. The Kier molecular flexibility index (Phi) is 7.96. The summed E-state index contributed by atoms with van der Waals surface area (Å²) < 4.78 is 76.7. The van der Waals surface area contributed by atoms with E-state index >= 15 is 0 Å². The molecule has 1 aromatic heterocycles. The van der Waals surface area contributed by atoms with Crippen LogP contribution in [0.4, 0.5) is 22.7 Å². The van der Waals surface area contributed by atoms with Crippen LogP contribution in [0.25, 0.3) is 0 Å². The van der Waals surface area contributed by atoms with Gasteiger partial charge in [0.1, 0.15) is 5.82 Å². The van der Waals surface area contributed by atoms with Gasteiger partial charge in [-0.2, -0.15) is 13.2 Å². The van der Waals surface area contributed by atoms with Gasteiger partial charge in [0.2, 0.25) is 5.91 Å². The molecule has 0 bridgehead atoms. The minimum atomic E-state index is -4.75. The van der Waals surface area contributed by atoms with E-state index in [1.807, 2.05) is 18.7 Å². The number of sulfone groups is 1. The van der Waals surface area contributed by atoms with Crippen LogP contribution in [0.2, 0.25) is 0 Å². The number of aromatic nitrogens is 1. The van der Waals surface area contributed by atoms with Gasteiger partial charge in [0.15, 0.2) is 15.0 Å². The molecule has 2 heterocycles. The van der Waals surface area contributed by atoms with Crippen LogP contribution in [0.15, 0.2) is 47.4 Å². The number of amides is 1. The summed E-state index contributed by atoms with van der Waals surface area (Å²) >= 11 is 1.33. The first-order valence-electron chi connectivity index (χ1n) is 12.0. The van der Waals surface area contributed by atoms with Gasteiger partial charge in [0, 0.05) is 18.0 Å². The predicted molar refractivity (Wildman–Crippen MR) is 137 cm³/mol. The monoisotopic (exact) mass is 569 g/mol. The van der Waals surface area contributed by atoms with E-state index in [9.17, 15) is 30.8 Å². The number of fused-ring (bicyclic) bond motifs is 1. The second-order valence-electron chi connectivity index (χ2n) is 9.51. The van der Waals surface area contributed by atoms with Gasteiger partial charge in [0.05, 0.1) is 34.4 Å². The number of carbonyl (C=O) groups is 1. The molecule has 1 aliphatic heterocycles. The molecule has 38 heavy (non-hydrogen) atoms. The number of nitrogens with zero attached hydrogens (tertiary/aromatic N) is 2. The van der Waals surface area contributed by atoms with Crippen molar-refractivity contribution in [3.05, 3.63) is 75.5 Å². The van der Waals surface area contributed by atoms with Crippen molar-refractivity contribution < 1.29 is 30.8 Å². The first kappa shape index (κ1) is 28.2. The number of anilines is 1. The van der Waals surface area contributed by atoms with Crippen molar-refractivity contribution in [2.24, 2.45) is 5.92 Å². The molecule has 1 amide bonds. The average molecular weight is 570 g/mol. The van der Waals surface area contributed by atoms with E-state index in [0.29, 0.717) is 22.8 Å². The van der Waals surface area contributed by atoms with E-state index in [0.717, 1.165) is 22.7 Å². The highest BCUT2D eigenvalue weighted by Gasteiger charge is 2.37. The molecule has 1 N–H and O–H groups in total. The number of rotatable bonds is 8. The lowest BCUT2D eigenvalue weighted by atomic mass is 10.0. The lowest BCUT2D eigenvalue weighted by Gasteiger charge is -2.27. The van der Waals surface area contributed by atoms with Gasteiger partial charge >= 0.3 is 6.18 Å². The van der Waals surface area contributed by atoms with Crippen LogP contribution in [0, 0.1) is 11.7 Å². The van der Waals surface area contributed by atoms with Crippen molar-refractivity contribution in [3.8, 4) is 0 Å². The summed E-state index contributed by atoms with van der Waals surface area (Å²) in [5, 5.41) is 3.24. The Morgan fingerprint density at radius 2 is 1.82 bits per heavy atom. The lowest BCUT2D eigenvalue weighted by Crippen LogP contribution is -2.26. The molecule has 4 rings (SSSR count). The summed E-state index contributed by atoms with van der Waals surface area (Å²) in [7, 11) is -3.31. The Balaban J connectivity index is 1.43. The summed E-state index contributed by atoms with van der Waals surface area (Å²) in [6.07, 6.45) is -4.69. The van der Waals surface area contributed by atoms with Crippen molar-refractivity contribution in [1.82, 2.24) is 9.88 Å². The van der Waals surface area contributed by atoms with Gasteiger partial charge < -0.3 is 5.32 Å².